The van der Waals surface area contributed by atoms with Gasteiger partial charge in [0, 0.05) is 12.6 Å². The molecule has 1 fully saturated rings. The first-order chi connectivity index (χ1) is 8.70. The molecule has 0 bridgehead atoms. The van der Waals surface area contributed by atoms with E-state index >= 15 is 0 Å². The smallest absolute Gasteiger partial charge is 0.0635 e. The molecule has 0 saturated carbocycles. The number of nitrogen functional groups attached to an aromatic ring is 1. The molecule has 1 saturated heterocycles. The number of halogens is 1. The number of anilines is 1. The van der Waals surface area contributed by atoms with Gasteiger partial charge in [0.15, 0.2) is 0 Å². The van der Waals surface area contributed by atoms with E-state index in [1.807, 2.05) is 12.1 Å². The van der Waals surface area contributed by atoms with Gasteiger partial charge in [-0.05, 0) is 43.5 Å². The zero-order valence-corrected chi connectivity index (χ0v) is 11.9. The van der Waals surface area contributed by atoms with Gasteiger partial charge < -0.3 is 5.73 Å². The van der Waals surface area contributed by atoms with Crippen molar-refractivity contribution in [1.82, 2.24) is 4.90 Å². The minimum Gasteiger partial charge on any atom is -0.398 e. The highest BCUT2D eigenvalue weighted by Crippen LogP contribution is 2.24. The van der Waals surface area contributed by atoms with E-state index in [0.29, 0.717) is 10.7 Å². The summed E-state index contributed by atoms with van der Waals surface area (Å²) in [5.74, 6) is 0. The second-order valence-corrected chi connectivity index (χ2v) is 5.64. The second-order valence-electron chi connectivity index (χ2n) is 5.24. The average molecular weight is 267 g/mol. The van der Waals surface area contributed by atoms with Crippen LogP contribution in [0, 0.1) is 0 Å². The molecular weight excluding hydrogens is 244 g/mol. The highest BCUT2D eigenvalue weighted by atomic mass is 35.5. The Hall–Kier alpha value is -0.730. The third-order valence-corrected chi connectivity index (χ3v) is 4.26. The minimum absolute atomic E-state index is 0.654. The summed E-state index contributed by atoms with van der Waals surface area (Å²) in [4.78, 5) is 2.61. The molecule has 0 amide bonds. The monoisotopic (exact) mass is 266 g/mol. The highest BCUT2D eigenvalue weighted by Gasteiger charge is 2.19. The van der Waals surface area contributed by atoms with Crippen LogP contribution in [0.15, 0.2) is 18.2 Å². The lowest BCUT2D eigenvalue weighted by atomic mass is 10.1. The predicted octanol–water partition coefficient (Wildman–Crippen LogP) is 4.08. The quantitative estimate of drug-likeness (QED) is 0.836. The number of nitrogens with two attached hydrogens (primary N) is 1. The average Bonchev–Trinajstić information content (AvgIpc) is 2.59. The van der Waals surface area contributed by atoms with Crippen molar-refractivity contribution in [3.63, 3.8) is 0 Å². The van der Waals surface area contributed by atoms with Crippen molar-refractivity contribution in [1.29, 1.82) is 0 Å². The Labute approximate surface area is 115 Å². The van der Waals surface area contributed by atoms with Crippen LogP contribution in [0.3, 0.4) is 0 Å². The molecule has 3 heteroatoms. The number of likely N-dealkylation sites (tertiary alicyclic amines) is 1. The Bertz CT molecular complexity index is 392. The van der Waals surface area contributed by atoms with Crippen molar-refractivity contribution >= 4 is 17.3 Å². The summed E-state index contributed by atoms with van der Waals surface area (Å²) in [6.07, 6.45) is 6.63. The van der Waals surface area contributed by atoms with Crippen LogP contribution in [0.4, 0.5) is 5.69 Å². The van der Waals surface area contributed by atoms with Crippen LogP contribution in [-0.2, 0) is 6.54 Å². The first kappa shape index (κ1) is 13.7. The van der Waals surface area contributed by atoms with Gasteiger partial charge in [-0.25, -0.2) is 0 Å². The number of benzene rings is 1. The van der Waals surface area contributed by atoms with E-state index in [0.717, 1.165) is 12.6 Å². The summed E-state index contributed by atoms with van der Waals surface area (Å²) >= 11 is 5.97. The fourth-order valence-electron chi connectivity index (χ4n) is 2.83. The van der Waals surface area contributed by atoms with Crippen molar-refractivity contribution in [3.8, 4) is 0 Å². The standard InChI is InChI=1S/C15H23ClN2/c1-2-13-6-4-3-5-9-18(13)11-12-7-8-14(16)15(17)10-12/h7-8,10,13H,2-6,9,11,17H2,1H3. The molecule has 0 radical (unpaired) electrons. The van der Waals surface area contributed by atoms with E-state index in [9.17, 15) is 0 Å². The number of nitrogens with zero attached hydrogens (tertiary/aromatic N) is 1. The minimum atomic E-state index is 0.654. The van der Waals surface area contributed by atoms with Crippen LogP contribution in [0.5, 0.6) is 0 Å². The van der Waals surface area contributed by atoms with Crippen molar-refractivity contribution in [2.75, 3.05) is 12.3 Å². The zero-order chi connectivity index (χ0) is 13.0. The lowest BCUT2D eigenvalue weighted by Crippen LogP contribution is -2.33. The third kappa shape index (κ3) is 3.39. The van der Waals surface area contributed by atoms with Crippen LogP contribution < -0.4 is 5.73 Å². The zero-order valence-electron chi connectivity index (χ0n) is 11.2. The Balaban J connectivity index is 2.07. The van der Waals surface area contributed by atoms with Crippen LogP contribution >= 0.6 is 11.6 Å². The van der Waals surface area contributed by atoms with Gasteiger partial charge in [-0.2, -0.15) is 0 Å². The van der Waals surface area contributed by atoms with Crippen LogP contribution in [-0.4, -0.2) is 17.5 Å². The lowest BCUT2D eigenvalue weighted by Gasteiger charge is -2.29. The number of hydrogen-bond acceptors (Lipinski definition) is 2. The summed E-state index contributed by atoms with van der Waals surface area (Å²) < 4.78 is 0. The van der Waals surface area contributed by atoms with Gasteiger partial charge in [0.1, 0.15) is 0 Å². The Morgan fingerprint density at radius 2 is 2.17 bits per heavy atom. The Morgan fingerprint density at radius 1 is 1.33 bits per heavy atom. The largest absolute Gasteiger partial charge is 0.398 e. The molecule has 100 valence electrons. The molecule has 0 aliphatic carbocycles. The molecular formula is C15H23ClN2. The van der Waals surface area contributed by atoms with E-state index in [1.165, 1.54) is 44.2 Å². The fourth-order valence-corrected chi connectivity index (χ4v) is 2.95. The van der Waals surface area contributed by atoms with Gasteiger partial charge in [-0.15, -0.1) is 0 Å². The number of hydrogen-bond donors (Lipinski definition) is 1. The maximum atomic E-state index is 5.97. The van der Waals surface area contributed by atoms with Gasteiger partial charge in [0.2, 0.25) is 0 Å². The maximum absolute atomic E-state index is 5.97. The van der Waals surface area contributed by atoms with Crippen molar-refractivity contribution in [2.45, 2.75) is 51.6 Å². The molecule has 1 aromatic carbocycles. The first-order valence-corrected chi connectivity index (χ1v) is 7.36. The summed E-state index contributed by atoms with van der Waals surface area (Å²) in [7, 11) is 0. The molecule has 2 nitrogen and oxygen atoms in total. The summed E-state index contributed by atoms with van der Waals surface area (Å²) in [6.45, 7) is 4.50. The van der Waals surface area contributed by atoms with Crippen LogP contribution in [0.1, 0.15) is 44.6 Å². The van der Waals surface area contributed by atoms with E-state index in [1.54, 1.807) is 0 Å². The molecule has 2 rings (SSSR count). The van der Waals surface area contributed by atoms with E-state index in [2.05, 4.69) is 17.9 Å². The van der Waals surface area contributed by atoms with E-state index in [-0.39, 0.29) is 0 Å². The Kier molecular flexibility index (Phi) is 4.90. The molecule has 1 aromatic rings. The normalized spacial score (nSPS) is 21.8. The summed E-state index contributed by atoms with van der Waals surface area (Å²) in [5, 5.41) is 0.654. The van der Waals surface area contributed by atoms with E-state index in [4.69, 9.17) is 17.3 Å². The van der Waals surface area contributed by atoms with Crippen LogP contribution in [0.25, 0.3) is 0 Å². The molecule has 1 aliphatic rings. The topological polar surface area (TPSA) is 29.3 Å². The third-order valence-electron chi connectivity index (χ3n) is 3.92. The molecule has 1 heterocycles. The molecule has 1 atom stereocenters. The molecule has 2 N–H and O–H groups in total. The Morgan fingerprint density at radius 3 is 2.89 bits per heavy atom. The first-order valence-electron chi connectivity index (χ1n) is 6.98. The van der Waals surface area contributed by atoms with Gasteiger partial charge in [-0.1, -0.05) is 37.4 Å². The molecule has 0 spiro atoms. The van der Waals surface area contributed by atoms with Gasteiger partial charge in [0.05, 0.1) is 10.7 Å². The number of rotatable bonds is 3. The highest BCUT2D eigenvalue weighted by molar-refractivity contribution is 6.33. The van der Waals surface area contributed by atoms with Crippen molar-refractivity contribution < 1.29 is 0 Å². The van der Waals surface area contributed by atoms with Crippen molar-refractivity contribution in [2.24, 2.45) is 0 Å². The SMILES string of the molecule is CCC1CCCCCN1Cc1ccc(Cl)c(N)c1. The fraction of sp³-hybridized carbons (Fsp3) is 0.600. The molecule has 1 aliphatic heterocycles. The molecule has 0 aromatic heterocycles. The van der Waals surface area contributed by atoms with Crippen molar-refractivity contribution in [3.05, 3.63) is 28.8 Å². The van der Waals surface area contributed by atoms with E-state index < -0.39 is 0 Å². The summed E-state index contributed by atoms with van der Waals surface area (Å²) in [5.41, 5.74) is 7.84. The van der Waals surface area contributed by atoms with Gasteiger partial charge >= 0.3 is 0 Å². The second kappa shape index (κ2) is 6.44. The van der Waals surface area contributed by atoms with Gasteiger partial charge in [-0.3, -0.25) is 4.90 Å². The van der Waals surface area contributed by atoms with Gasteiger partial charge in [0.25, 0.3) is 0 Å². The predicted molar refractivity (Wildman–Crippen MR) is 78.8 cm³/mol. The molecule has 1 unspecified atom stereocenters. The lowest BCUT2D eigenvalue weighted by molar-refractivity contribution is 0.186. The summed E-state index contributed by atoms with van der Waals surface area (Å²) in [6, 6.07) is 6.74. The maximum Gasteiger partial charge on any atom is 0.0635 e. The van der Waals surface area contributed by atoms with Crippen LogP contribution in [0.2, 0.25) is 5.02 Å². The molecule has 18 heavy (non-hydrogen) atoms.